The predicted octanol–water partition coefficient (Wildman–Crippen LogP) is 3.79. The number of hydrogen-bond donors (Lipinski definition) is 2. The van der Waals surface area contributed by atoms with Crippen LogP contribution >= 0.6 is 11.6 Å². The number of rotatable bonds is 7. The van der Waals surface area contributed by atoms with E-state index < -0.39 is 5.91 Å². The van der Waals surface area contributed by atoms with Gasteiger partial charge in [0.05, 0.1) is 20.8 Å². The third-order valence-electron chi connectivity index (χ3n) is 4.89. The number of anilines is 2. The minimum Gasteiger partial charge on any atom is -0.493 e. The van der Waals surface area contributed by atoms with Gasteiger partial charge in [0.25, 0.3) is 5.91 Å². The molecule has 0 atom stereocenters. The van der Waals surface area contributed by atoms with Gasteiger partial charge in [-0.1, -0.05) is 22.9 Å². The Bertz CT molecular complexity index is 1320. The van der Waals surface area contributed by atoms with Gasteiger partial charge >= 0.3 is 0 Å². The van der Waals surface area contributed by atoms with E-state index in [0.717, 1.165) is 5.56 Å². The summed E-state index contributed by atoms with van der Waals surface area (Å²) in [5.74, 6) is 1.62. The Morgan fingerprint density at radius 3 is 2.70 bits per heavy atom. The van der Waals surface area contributed by atoms with Crippen molar-refractivity contribution in [1.82, 2.24) is 20.0 Å². The van der Waals surface area contributed by atoms with Crippen molar-refractivity contribution in [3.63, 3.8) is 0 Å². The second-order valence-electron chi connectivity index (χ2n) is 7.04. The van der Waals surface area contributed by atoms with Crippen LogP contribution in [0.15, 0.2) is 46.9 Å². The number of nitrogen functional groups attached to an aromatic ring is 1. The number of nitrogens with two attached hydrogens (primary N) is 1. The summed E-state index contributed by atoms with van der Waals surface area (Å²) in [5.41, 5.74) is 7.98. The van der Waals surface area contributed by atoms with E-state index in [2.05, 4.69) is 20.6 Å². The zero-order valence-electron chi connectivity index (χ0n) is 18.1. The maximum atomic E-state index is 12.7. The van der Waals surface area contributed by atoms with Crippen molar-refractivity contribution in [3.05, 3.63) is 64.6 Å². The monoisotopic (exact) mass is 468 g/mol. The van der Waals surface area contributed by atoms with Crippen LogP contribution in [0.25, 0.3) is 11.5 Å². The Hall–Kier alpha value is -4.05. The zero-order chi connectivity index (χ0) is 23.5. The van der Waals surface area contributed by atoms with E-state index in [4.69, 9.17) is 31.2 Å². The first-order valence-electron chi connectivity index (χ1n) is 9.84. The highest BCUT2D eigenvalue weighted by Gasteiger charge is 2.20. The summed E-state index contributed by atoms with van der Waals surface area (Å²) in [7, 11) is 3.04. The molecule has 33 heavy (non-hydrogen) atoms. The molecule has 2 aromatic heterocycles. The lowest BCUT2D eigenvalue weighted by Gasteiger charge is -2.10. The molecule has 170 valence electrons. The standard InChI is InChI=1S/C22H21ClN6O4/c1-12-16(26-22(33-12)13-5-4-6-14(23)9-13)11-29-20(24)19(27-28-29)21(30)25-15-7-8-17(31-2)18(10-15)32-3/h4-10H,11,24H2,1-3H3,(H,25,30). The predicted molar refractivity (Wildman–Crippen MR) is 123 cm³/mol. The molecule has 0 radical (unpaired) electrons. The summed E-state index contributed by atoms with van der Waals surface area (Å²) in [6.07, 6.45) is 0. The number of hydrogen-bond acceptors (Lipinski definition) is 8. The molecule has 0 bridgehead atoms. The van der Waals surface area contributed by atoms with Crippen molar-refractivity contribution in [1.29, 1.82) is 0 Å². The van der Waals surface area contributed by atoms with Crippen LogP contribution in [0.2, 0.25) is 5.02 Å². The van der Waals surface area contributed by atoms with Gasteiger partial charge in [0.15, 0.2) is 23.0 Å². The highest BCUT2D eigenvalue weighted by atomic mass is 35.5. The van der Waals surface area contributed by atoms with E-state index in [1.165, 1.54) is 18.9 Å². The number of aromatic nitrogens is 4. The van der Waals surface area contributed by atoms with Crippen LogP contribution in [0.1, 0.15) is 21.9 Å². The van der Waals surface area contributed by atoms with Crippen LogP contribution in [0.5, 0.6) is 11.5 Å². The number of carbonyl (C=O) groups is 1. The molecule has 0 spiro atoms. The van der Waals surface area contributed by atoms with Gasteiger partial charge in [-0.3, -0.25) is 4.79 Å². The number of halogens is 1. The van der Waals surface area contributed by atoms with Crippen molar-refractivity contribution in [2.45, 2.75) is 13.5 Å². The molecular weight excluding hydrogens is 448 g/mol. The van der Waals surface area contributed by atoms with E-state index >= 15 is 0 Å². The number of carbonyl (C=O) groups excluding carboxylic acids is 1. The number of benzene rings is 2. The summed E-state index contributed by atoms with van der Waals surface area (Å²) >= 11 is 6.05. The Kier molecular flexibility index (Phi) is 6.18. The highest BCUT2D eigenvalue weighted by Crippen LogP contribution is 2.30. The molecule has 0 aliphatic rings. The Morgan fingerprint density at radius 1 is 1.18 bits per heavy atom. The first-order chi connectivity index (χ1) is 15.9. The quantitative estimate of drug-likeness (QED) is 0.419. The minimum atomic E-state index is -0.512. The van der Waals surface area contributed by atoms with Gasteiger partial charge in [-0.2, -0.15) is 0 Å². The van der Waals surface area contributed by atoms with Crippen molar-refractivity contribution >= 4 is 29.0 Å². The number of ether oxygens (including phenoxy) is 2. The average Bonchev–Trinajstić information content (AvgIpc) is 3.36. The SMILES string of the molecule is COc1ccc(NC(=O)c2nnn(Cc3nc(-c4cccc(Cl)c4)oc3C)c2N)cc1OC. The molecule has 11 heteroatoms. The summed E-state index contributed by atoms with van der Waals surface area (Å²) in [6, 6.07) is 12.2. The molecule has 10 nitrogen and oxygen atoms in total. The fourth-order valence-electron chi connectivity index (χ4n) is 3.16. The van der Waals surface area contributed by atoms with E-state index in [1.54, 1.807) is 37.3 Å². The van der Waals surface area contributed by atoms with E-state index in [9.17, 15) is 4.79 Å². The smallest absolute Gasteiger partial charge is 0.280 e. The fraction of sp³-hybridized carbons (Fsp3) is 0.182. The summed E-state index contributed by atoms with van der Waals surface area (Å²) in [4.78, 5) is 17.2. The lowest BCUT2D eigenvalue weighted by molar-refractivity contribution is 0.102. The first-order valence-corrected chi connectivity index (χ1v) is 10.2. The average molecular weight is 469 g/mol. The maximum Gasteiger partial charge on any atom is 0.280 e. The molecule has 4 aromatic rings. The molecular formula is C22H21ClN6O4. The third kappa shape index (κ3) is 4.60. The summed E-state index contributed by atoms with van der Waals surface area (Å²) in [5, 5.41) is 11.2. The van der Waals surface area contributed by atoms with Crippen LogP contribution in [0.4, 0.5) is 11.5 Å². The van der Waals surface area contributed by atoms with Gasteiger partial charge in [0.2, 0.25) is 5.89 Å². The maximum absolute atomic E-state index is 12.7. The molecule has 2 heterocycles. The molecule has 3 N–H and O–H groups in total. The molecule has 0 aliphatic heterocycles. The number of methoxy groups -OCH3 is 2. The fourth-order valence-corrected chi connectivity index (χ4v) is 3.36. The van der Waals surface area contributed by atoms with Crippen LogP contribution in [0.3, 0.4) is 0 Å². The summed E-state index contributed by atoms with van der Waals surface area (Å²) in [6.45, 7) is 1.96. The molecule has 0 fully saturated rings. The van der Waals surface area contributed by atoms with Crippen molar-refractivity contribution in [3.8, 4) is 23.0 Å². The first kappa shape index (κ1) is 22.2. The van der Waals surface area contributed by atoms with Gasteiger partial charge in [0, 0.05) is 22.3 Å². The largest absolute Gasteiger partial charge is 0.493 e. The minimum absolute atomic E-state index is 0.0130. The number of oxazole rings is 1. The van der Waals surface area contributed by atoms with Crippen molar-refractivity contribution in [2.24, 2.45) is 0 Å². The molecule has 2 aromatic carbocycles. The number of nitrogens with one attached hydrogen (secondary N) is 1. The van der Waals surface area contributed by atoms with Crippen LogP contribution < -0.4 is 20.5 Å². The van der Waals surface area contributed by atoms with Gasteiger partial charge < -0.3 is 24.9 Å². The van der Waals surface area contributed by atoms with Gasteiger partial charge in [0.1, 0.15) is 11.5 Å². The molecule has 0 saturated carbocycles. The van der Waals surface area contributed by atoms with Gasteiger partial charge in [-0.05, 0) is 37.3 Å². The normalized spacial score (nSPS) is 10.8. The topological polar surface area (TPSA) is 130 Å². The van der Waals surface area contributed by atoms with Crippen LogP contribution in [0, 0.1) is 6.92 Å². The molecule has 0 aliphatic carbocycles. The number of nitrogens with zero attached hydrogens (tertiary/aromatic N) is 4. The van der Waals surface area contributed by atoms with Gasteiger partial charge in [-0.25, -0.2) is 9.67 Å². The Balaban J connectivity index is 1.52. The van der Waals surface area contributed by atoms with Crippen molar-refractivity contribution < 1.29 is 18.7 Å². The Labute approximate surface area is 194 Å². The number of amides is 1. The van der Waals surface area contributed by atoms with E-state index in [1.807, 2.05) is 12.1 Å². The highest BCUT2D eigenvalue weighted by molar-refractivity contribution is 6.30. The lowest BCUT2D eigenvalue weighted by Crippen LogP contribution is -2.15. The second kappa shape index (κ2) is 9.21. The number of aryl methyl sites for hydroxylation is 1. The molecule has 1 amide bonds. The van der Waals surface area contributed by atoms with Crippen LogP contribution in [-0.2, 0) is 6.54 Å². The van der Waals surface area contributed by atoms with Gasteiger partial charge in [-0.15, -0.1) is 5.10 Å². The second-order valence-corrected chi connectivity index (χ2v) is 7.47. The van der Waals surface area contributed by atoms with E-state index in [0.29, 0.717) is 39.6 Å². The Morgan fingerprint density at radius 2 is 1.97 bits per heavy atom. The zero-order valence-corrected chi connectivity index (χ0v) is 18.9. The summed E-state index contributed by atoms with van der Waals surface area (Å²) < 4.78 is 17.6. The van der Waals surface area contributed by atoms with Crippen molar-refractivity contribution in [2.75, 3.05) is 25.3 Å². The molecule has 0 unspecified atom stereocenters. The lowest BCUT2D eigenvalue weighted by atomic mass is 10.2. The third-order valence-corrected chi connectivity index (χ3v) is 5.13. The van der Waals surface area contributed by atoms with Crippen LogP contribution in [-0.4, -0.2) is 40.1 Å². The molecule has 0 saturated heterocycles. The van der Waals surface area contributed by atoms with E-state index in [-0.39, 0.29) is 18.1 Å². The molecule has 4 rings (SSSR count).